The lowest BCUT2D eigenvalue weighted by Gasteiger charge is -2.25. The zero-order valence-corrected chi connectivity index (χ0v) is 17.3. The van der Waals surface area contributed by atoms with Crippen molar-refractivity contribution >= 4 is 11.1 Å². The number of hydrogen-bond acceptors (Lipinski definition) is 1. The van der Waals surface area contributed by atoms with Gasteiger partial charge >= 0.3 is 0 Å². The van der Waals surface area contributed by atoms with Crippen molar-refractivity contribution in [2.75, 3.05) is 0 Å². The Balaban J connectivity index is 1.70. The number of rotatable bonds is 4. The fourth-order valence-electron chi connectivity index (χ4n) is 6.02. The maximum absolute atomic E-state index is 12.1. The van der Waals surface area contributed by atoms with Gasteiger partial charge in [0.1, 0.15) is 0 Å². The van der Waals surface area contributed by atoms with E-state index in [1.54, 1.807) is 0 Å². The van der Waals surface area contributed by atoms with E-state index in [4.69, 9.17) is 0 Å². The molecule has 4 aromatic carbocycles. The summed E-state index contributed by atoms with van der Waals surface area (Å²) in [7, 11) is 0. The van der Waals surface area contributed by atoms with E-state index in [-0.39, 0.29) is 10.8 Å². The van der Waals surface area contributed by atoms with Gasteiger partial charge in [0.05, 0.1) is 6.10 Å². The van der Waals surface area contributed by atoms with Gasteiger partial charge in [-0.3, -0.25) is 0 Å². The molecule has 1 saturated carbocycles. The van der Waals surface area contributed by atoms with Crippen LogP contribution in [0.15, 0.2) is 121 Å². The molecule has 4 aromatic rings. The summed E-state index contributed by atoms with van der Waals surface area (Å²) < 4.78 is 0. The van der Waals surface area contributed by atoms with Crippen molar-refractivity contribution in [3.63, 3.8) is 0 Å². The van der Waals surface area contributed by atoms with Gasteiger partial charge in [0.15, 0.2) is 0 Å². The van der Waals surface area contributed by atoms with Gasteiger partial charge in [0.2, 0.25) is 0 Å². The highest BCUT2D eigenvalue weighted by molar-refractivity contribution is 6.06. The summed E-state index contributed by atoms with van der Waals surface area (Å²) >= 11 is 0. The molecular weight excluding hydrogens is 376 g/mol. The van der Waals surface area contributed by atoms with Crippen molar-refractivity contribution in [3.8, 4) is 0 Å². The van der Waals surface area contributed by atoms with Crippen LogP contribution in [0.3, 0.4) is 0 Å². The van der Waals surface area contributed by atoms with Crippen LogP contribution in [0.4, 0.5) is 0 Å². The molecule has 1 N–H and O–H groups in total. The largest absolute Gasteiger partial charge is 0.387 e. The molecule has 0 radical (unpaired) electrons. The molecule has 31 heavy (non-hydrogen) atoms. The van der Waals surface area contributed by atoms with Gasteiger partial charge < -0.3 is 5.11 Å². The Bertz CT molecular complexity index is 1250. The van der Waals surface area contributed by atoms with Crippen molar-refractivity contribution in [3.05, 3.63) is 144 Å². The van der Waals surface area contributed by atoms with E-state index in [1.165, 1.54) is 22.3 Å². The monoisotopic (exact) mass is 400 g/mol. The second-order valence-corrected chi connectivity index (χ2v) is 8.71. The van der Waals surface area contributed by atoms with E-state index >= 15 is 0 Å². The molecule has 0 bridgehead atoms. The number of hydrogen-bond donors (Lipinski definition) is 1. The molecule has 150 valence electrons. The van der Waals surface area contributed by atoms with Crippen LogP contribution in [-0.2, 0) is 10.8 Å². The summed E-state index contributed by atoms with van der Waals surface area (Å²) in [5, 5.41) is 12.1. The van der Waals surface area contributed by atoms with E-state index in [0.29, 0.717) is 0 Å². The predicted octanol–water partition coefficient (Wildman–Crippen LogP) is 6.25. The van der Waals surface area contributed by atoms with E-state index in [9.17, 15) is 5.11 Å². The van der Waals surface area contributed by atoms with Crippen LogP contribution in [0.1, 0.15) is 28.7 Å². The van der Waals surface area contributed by atoms with Gasteiger partial charge in [-0.1, -0.05) is 121 Å². The maximum atomic E-state index is 12.1. The highest BCUT2D eigenvalue weighted by Crippen LogP contribution is 2.78. The molecule has 0 heterocycles. The molecule has 1 nitrogen and oxygen atoms in total. The van der Waals surface area contributed by atoms with Crippen LogP contribution in [0.25, 0.3) is 11.1 Å². The van der Waals surface area contributed by atoms with Crippen LogP contribution in [0, 0.1) is 0 Å². The van der Waals surface area contributed by atoms with Gasteiger partial charge in [0, 0.05) is 10.8 Å². The molecule has 1 heteroatoms. The molecule has 0 spiro atoms. The number of aliphatic hydroxyl groups excluding tert-OH is 1. The molecule has 0 aliphatic heterocycles. The topological polar surface area (TPSA) is 20.2 Å². The Hall–Kier alpha value is -3.42. The summed E-state index contributed by atoms with van der Waals surface area (Å²) in [5.41, 5.74) is 6.51. The van der Waals surface area contributed by atoms with Crippen molar-refractivity contribution in [2.45, 2.75) is 23.4 Å². The van der Waals surface area contributed by atoms with Crippen LogP contribution in [0.5, 0.6) is 0 Å². The Labute approximate surface area is 183 Å². The minimum atomic E-state index is -0.576. The second-order valence-electron chi connectivity index (χ2n) is 8.71. The van der Waals surface area contributed by atoms with Gasteiger partial charge in [-0.25, -0.2) is 0 Å². The van der Waals surface area contributed by atoms with Gasteiger partial charge in [0.25, 0.3) is 0 Å². The Kier molecular flexibility index (Phi) is 4.03. The first kappa shape index (κ1) is 18.4. The van der Waals surface area contributed by atoms with Crippen LogP contribution in [0.2, 0.25) is 0 Å². The summed E-state index contributed by atoms with van der Waals surface area (Å²) in [5.74, 6) is 0. The molecule has 6 rings (SSSR count). The molecule has 2 aliphatic carbocycles. The van der Waals surface area contributed by atoms with E-state index in [2.05, 4.69) is 115 Å². The molecule has 2 aliphatic rings. The fraction of sp³-hybridized carbons (Fsp3) is 0.133. The maximum Gasteiger partial charge on any atom is 0.0907 e. The zero-order chi connectivity index (χ0) is 20.9. The zero-order valence-electron chi connectivity index (χ0n) is 17.3. The molecule has 1 fully saturated rings. The lowest BCUT2D eigenvalue weighted by molar-refractivity contribution is 0.187. The highest BCUT2D eigenvalue weighted by Gasteiger charge is 2.78. The average Bonchev–Trinajstić information content (AvgIpc) is 3.51. The van der Waals surface area contributed by atoms with Crippen molar-refractivity contribution < 1.29 is 5.11 Å². The van der Waals surface area contributed by atoms with Crippen molar-refractivity contribution in [1.82, 2.24) is 0 Å². The fourth-order valence-corrected chi connectivity index (χ4v) is 6.02. The van der Waals surface area contributed by atoms with Gasteiger partial charge in [-0.05, 0) is 39.8 Å². The van der Waals surface area contributed by atoms with Crippen molar-refractivity contribution in [2.24, 2.45) is 0 Å². The standard InChI is InChI=1S/C30H24O/c31-28-26(22-13-5-1-6-14-22)27(23-15-7-2-8-16-23)29(24-17-9-3-10-18-24)21-30(28,29)25-19-11-4-12-20-25/h1-20,28,31H,21H2. The predicted molar refractivity (Wildman–Crippen MR) is 127 cm³/mol. The number of fused-ring (bicyclic) bond motifs is 1. The third-order valence-corrected chi connectivity index (χ3v) is 7.32. The van der Waals surface area contributed by atoms with Crippen LogP contribution in [-0.4, -0.2) is 11.2 Å². The molecular formula is C30H24O. The van der Waals surface area contributed by atoms with E-state index in [1.807, 2.05) is 6.07 Å². The van der Waals surface area contributed by atoms with Crippen LogP contribution < -0.4 is 0 Å². The molecule has 3 atom stereocenters. The highest BCUT2D eigenvalue weighted by atomic mass is 16.3. The lowest BCUT2D eigenvalue weighted by Crippen LogP contribution is -2.29. The molecule has 0 saturated heterocycles. The minimum absolute atomic E-state index is 0.248. The normalized spacial score (nSPS) is 26.5. The van der Waals surface area contributed by atoms with Crippen molar-refractivity contribution in [1.29, 1.82) is 0 Å². The first-order valence-corrected chi connectivity index (χ1v) is 10.9. The number of aliphatic hydroxyl groups is 1. The van der Waals surface area contributed by atoms with E-state index < -0.39 is 6.10 Å². The second kappa shape index (κ2) is 6.80. The van der Waals surface area contributed by atoms with Gasteiger partial charge in [-0.2, -0.15) is 0 Å². The number of benzene rings is 4. The summed E-state index contributed by atoms with van der Waals surface area (Å²) in [6.45, 7) is 0. The summed E-state index contributed by atoms with van der Waals surface area (Å²) in [4.78, 5) is 0. The summed E-state index contributed by atoms with van der Waals surface area (Å²) in [6.07, 6.45) is 0.336. The first-order valence-electron chi connectivity index (χ1n) is 10.9. The Morgan fingerprint density at radius 3 is 1.55 bits per heavy atom. The third-order valence-electron chi connectivity index (χ3n) is 7.32. The number of allylic oxidation sites excluding steroid dienone is 1. The quantitative estimate of drug-likeness (QED) is 0.429. The Morgan fingerprint density at radius 2 is 1.00 bits per heavy atom. The van der Waals surface area contributed by atoms with Gasteiger partial charge in [-0.15, -0.1) is 0 Å². The smallest absolute Gasteiger partial charge is 0.0907 e. The average molecular weight is 401 g/mol. The molecule has 0 aromatic heterocycles. The van der Waals surface area contributed by atoms with E-state index in [0.717, 1.165) is 17.6 Å². The Morgan fingerprint density at radius 1 is 0.548 bits per heavy atom. The first-order chi connectivity index (χ1) is 15.3. The third kappa shape index (κ3) is 2.41. The molecule has 0 amide bonds. The minimum Gasteiger partial charge on any atom is -0.387 e. The molecule has 3 unspecified atom stereocenters. The lowest BCUT2D eigenvalue weighted by atomic mass is 9.78. The SMILES string of the molecule is OC1C(c2ccccc2)=C(c2ccccc2)C2(c3ccccc3)CC12c1ccccc1. The van der Waals surface area contributed by atoms with Crippen LogP contribution >= 0.6 is 0 Å². The summed E-state index contributed by atoms with van der Waals surface area (Å²) in [6, 6.07) is 42.4.